The Balaban J connectivity index is 0.00000264. The fourth-order valence-electron chi connectivity index (χ4n) is 2.19. The van der Waals surface area contributed by atoms with Crippen molar-refractivity contribution in [3.8, 4) is 0 Å². The largest absolute Gasteiger partial charge is 0.361 e. The van der Waals surface area contributed by atoms with E-state index in [1.165, 1.54) is 4.88 Å². The lowest BCUT2D eigenvalue weighted by molar-refractivity contribution is 0.380. The summed E-state index contributed by atoms with van der Waals surface area (Å²) >= 11 is 1.65. The average Bonchev–Trinajstić information content (AvgIpc) is 3.13. The van der Waals surface area contributed by atoms with Crippen LogP contribution in [0, 0.1) is 6.92 Å². The van der Waals surface area contributed by atoms with Crippen LogP contribution in [0.25, 0.3) is 0 Å². The van der Waals surface area contributed by atoms with Crippen molar-refractivity contribution < 1.29 is 4.52 Å². The Bertz CT molecular complexity index is 616. The van der Waals surface area contributed by atoms with E-state index in [9.17, 15) is 0 Å². The summed E-state index contributed by atoms with van der Waals surface area (Å²) < 4.78 is 5.38. The molecule has 8 heteroatoms. The van der Waals surface area contributed by atoms with E-state index in [1.54, 1.807) is 18.4 Å². The van der Waals surface area contributed by atoms with Gasteiger partial charge in [0, 0.05) is 30.5 Å². The molecule has 0 saturated carbocycles. The van der Waals surface area contributed by atoms with E-state index >= 15 is 0 Å². The van der Waals surface area contributed by atoms with E-state index in [-0.39, 0.29) is 24.0 Å². The monoisotopic (exact) mass is 449 g/mol. The number of halogens is 1. The molecule has 2 N–H and O–H groups in total. The second kappa shape index (κ2) is 9.86. The number of aromatic nitrogens is 2. The average molecular weight is 449 g/mol. The minimum Gasteiger partial charge on any atom is -0.361 e. The number of rotatable bonds is 6. The molecule has 6 nitrogen and oxygen atoms in total. The second-order valence-electron chi connectivity index (χ2n) is 4.88. The van der Waals surface area contributed by atoms with Crippen molar-refractivity contribution in [1.82, 2.24) is 20.8 Å². The number of aliphatic imine (C=N–C) groups is 1. The molecule has 2 aromatic rings. The molecule has 0 aliphatic carbocycles. The van der Waals surface area contributed by atoms with Crippen LogP contribution in [0.15, 0.2) is 15.0 Å². The van der Waals surface area contributed by atoms with Crippen LogP contribution in [0.5, 0.6) is 0 Å². The zero-order valence-corrected chi connectivity index (χ0v) is 17.1. The molecule has 23 heavy (non-hydrogen) atoms. The predicted molar refractivity (Wildman–Crippen MR) is 105 cm³/mol. The molecule has 0 aliphatic heterocycles. The van der Waals surface area contributed by atoms with Gasteiger partial charge in [-0.25, -0.2) is 4.98 Å². The highest BCUT2D eigenvalue weighted by molar-refractivity contribution is 14.0. The lowest BCUT2D eigenvalue weighted by atomic mass is 10.1. The van der Waals surface area contributed by atoms with Gasteiger partial charge in [0.25, 0.3) is 0 Å². The number of aryl methyl sites for hydroxylation is 3. The zero-order chi connectivity index (χ0) is 15.9. The minimum absolute atomic E-state index is 0. The molecule has 0 aliphatic rings. The summed E-state index contributed by atoms with van der Waals surface area (Å²) in [6.07, 6.45) is 1.71. The van der Waals surface area contributed by atoms with Gasteiger partial charge in [-0.3, -0.25) is 4.99 Å². The molecule has 0 spiro atoms. The third-order valence-corrected chi connectivity index (χ3v) is 4.46. The summed E-state index contributed by atoms with van der Waals surface area (Å²) in [6.45, 7) is 7.56. The summed E-state index contributed by atoms with van der Waals surface area (Å²) in [7, 11) is 1.77. The number of hydrogen-bond acceptors (Lipinski definition) is 5. The quantitative estimate of drug-likeness (QED) is 0.403. The first-order valence-corrected chi connectivity index (χ1v) is 8.37. The molecular weight excluding hydrogens is 425 g/mol. The van der Waals surface area contributed by atoms with Crippen molar-refractivity contribution in [3.05, 3.63) is 33.1 Å². The first kappa shape index (κ1) is 19.9. The van der Waals surface area contributed by atoms with Crippen LogP contribution in [-0.2, 0) is 25.9 Å². The maximum absolute atomic E-state index is 5.38. The van der Waals surface area contributed by atoms with Gasteiger partial charge in [0.2, 0.25) is 0 Å². The van der Waals surface area contributed by atoms with Gasteiger partial charge >= 0.3 is 0 Å². The van der Waals surface area contributed by atoms with Crippen LogP contribution in [0.3, 0.4) is 0 Å². The van der Waals surface area contributed by atoms with Gasteiger partial charge in [-0.15, -0.1) is 35.3 Å². The van der Waals surface area contributed by atoms with Gasteiger partial charge in [-0.05, 0) is 13.3 Å². The van der Waals surface area contributed by atoms with Crippen LogP contribution in [-0.4, -0.2) is 23.1 Å². The second-order valence-corrected chi connectivity index (χ2v) is 5.82. The maximum atomic E-state index is 5.38. The molecule has 2 heterocycles. The Morgan fingerprint density at radius 2 is 2.00 bits per heavy atom. The molecule has 0 saturated heterocycles. The predicted octanol–water partition coefficient (Wildman–Crippen LogP) is 3.05. The number of thiazole rings is 1. The molecule has 0 bridgehead atoms. The van der Waals surface area contributed by atoms with Gasteiger partial charge in [-0.1, -0.05) is 19.0 Å². The highest BCUT2D eigenvalue weighted by Crippen LogP contribution is 2.15. The molecular formula is C15H24IN5OS. The van der Waals surface area contributed by atoms with Crippen molar-refractivity contribution in [2.45, 2.75) is 46.7 Å². The molecule has 128 valence electrons. The normalized spacial score (nSPS) is 11.2. The van der Waals surface area contributed by atoms with Crippen LogP contribution < -0.4 is 10.6 Å². The van der Waals surface area contributed by atoms with Crippen molar-refractivity contribution in [2.24, 2.45) is 4.99 Å². The SMILES string of the molecule is CCc1noc(CC)c1CNC(=NC)NCc1scnc1C.I. The Kier molecular flexibility index (Phi) is 8.53. The number of nitrogens with zero attached hydrogens (tertiary/aromatic N) is 3. The van der Waals surface area contributed by atoms with Crippen LogP contribution >= 0.6 is 35.3 Å². The van der Waals surface area contributed by atoms with Crippen LogP contribution in [0.1, 0.15) is 41.4 Å². The highest BCUT2D eigenvalue weighted by Gasteiger charge is 2.13. The Morgan fingerprint density at radius 3 is 2.57 bits per heavy atom. The third kappa shape index (κ3) is 5.17. The summed E-state index contributed by atoms with van der Waals surface area (Å²) in [5.74, 6) is 1.70. The van der Waals surface area contributed by atoms with Gasteiger partial charge in [0.05, 0.1) is 23.4 Å². The van der Waals surface area contributed by atoms with E-state index in [0.717, 1.165) is 48.1 Å². The molecule has 0 aromatic carbocycles. The number of guanidine groups is 1. The number of hydrogen-bond donors (Lipinski definition) is 2. The van der Waals surface area contributed by atoms with Crippen molar-refractivity contribution >= 4 is 41.3 Å². The molecule has 0 radical (unpaired) electrons. The van der Waals surface area contributed by atoms with Gasteiger partial charge in [0.15, 0.2) is 5.96 Å². The summed E-state index contributed by atoms with van der Waals surface area (Å²) in [5, 5.41) is 10.8. The van der Waals surface area contributed by atoms with E-state index in [2.05, 4.69) is 39.6 Å². The van der Waals surface area contributed by atoms with E-state index in [4.69, 9.17) is 4.52 Å². The molecule has 0 fully saturated rings. The standard InChI is InChI=1S/C15H23N5OS.HI/c1-5-12-11(13(6-2)21-20-12)7-17-15(16-4)18-8-14-10(3)19-9-22-14;/h9H,5-8H2,1-4H3,(H2,16,17,18);1H. The summed E-state index contributed by atoms with van der Waals surface area (Å²) in [5.41, 5.74) is 5.08. The molecule has 0 amide bonds. The zero-order valence-electron chi connectivity index (χ0n) is 14.0. The van der Waals surface area contributed by atoms with Crippen LogP contribution in [0.4, 0.5) is 0 Å². The van der Waals surface area contributed by atoms with E-state index in [1.807, 2.05) is 12.4 Å². The molecule has 0 unspecified atom stereocenters. The fraction of sp³-hybridized carbons (Fsp3) is 0.533. The molecule has 2 aromatic heterocycles. The fourth-order valence-corrected chi connectivity index (χ4v) is 2.91. The molecule has 0 atom stereocenters. The maximum Gasteiger partial charge on any atom is 0.191 e. The van der Waals surface area contributed by atoms with Gasteiger partial charge < -0.3 is 15.2 Å². The van der Waals surface area contributed by atoms with Crippen molar-refractivity contribution in [2.75, 3.05) is 7.05 Å². The lowest BCUT2D eigenvalue weighted by Crippen LogP contribution is -2.36. The smallest absolute Gasteiger partial charge is 0.191 e. The van der Waals surface area contributed by atoms with E-state index < -0.39 is 0 Å². The molecule has 2 rings (SSSR count). The minimum atomic E-state index is 0. The van der Waals surface area contributed by atoms with E-state index in [0.29, 0.717) is 6.54 Å². The van der Waals surface area contributed by atoms with Crippen molar-refractivity contribution in [1.29, 1.82) is 0 Å². The van der Waals surface area contributed by atoms with Gasteiger partial charge in [0.1, 0.15) is 5.76 Å². The number of nitrogens with one attached hydrogen (secondary N) is 2. The van der Waals surface area contributed by atoms with Crippen LogP contribution in [0.2, 0.25) is 0 Å². The Labute approximate surface area is 158 Å². The summed E-state index contributed by atoms with van der Waals surface area (Å²) in [4.78, 5) is 9.72. The Morgan fingerprint density at radius 1 is 1.26 bits per heavy atom. The first-order chi connectivity index (χ1) is 10.7. The highest BCUT2D eigenvalue weighted by atomic mass is 127. The summed E-state index contributed by atoms with van der Waals surface area (Å²) in [6, 6.07) is 0. The topological polar surface area (TPSA) is 75.3 Å². The van der Waals surface area contributed by atoms with Crippen molar-refractivity contribution in [3.63, 3.8) is 0 Å². The first-order valence-electron chi connectivity index (χ1n) is 7.49. The van der Waals surface area contributed by atoms with Gasteiger partial charge in [-0.2, -0.15) is 0 Å². The third-order valence-electron chi connectivity index (χ3n) is 3.52. The lowest BCUT2D eigenvalue weighted by Gasteiger charge is -2.11. The Hall–Kier alpha value is -1.16.